The van der Waals surface area contributed by atoms with Gasteiger partial charge in [0.15, 0.2) is 0 Å². The Labute approximate surface area is 133 Å². The molecule has 2 N–H and O–H groups in total. The van der Waals surface area contributed by atoms with E-state index in [1.165, 1.54) is 0 Å². The number of halogens is 1. The summed E-state index contributed by atoms with van der Waals surface area (Å²) in [4.78, 5) is 4.62. The quantitative estimate of drug-likeness (QED) is 0.758. The molecule has 0 saturated heterocycles. The lowest BCUT2D eigenvalue weighted by atomic mass is 10.2. The topological polar surface area (TPSA) is 63.2 Å². The summed E-state index contributed by atoms with van der Waals surface area (Å²) in [5.41, 5.74) is 1.89. The van der Waals surface area contributed by atoms with Gasteiger partial charge in [-0.1, -0.05) is 11.6 Å². The van der Waals surface area contributed by atoms with Gasteiger partial charge in [0.05, 0.1) is 23.3 Å². The van der Waals surface area contributed by atoms with Crippen LogP contribution in [0.3, 0.4) is 0 Å². The van der Waals surface area contributed by atoms with E-state index in [4.69, 9.17) is 16.0 Å². The van der Waals surface area contributed by atoms with Crippen LogP contribution in [0.2, 0.25) is 5.02 Å². The summed E-state index contributed by atoms with van der Waals surface area (Å²) in [5, 5.41) is 14.0. The van der Waals surface area contributed by atoms with Crippen molar-refractivity contribution < 1.29 is 9.52 Å². The fraction of sp³-hybridized carbons (Fsp3) is 0.312. The van der Waals surface area contributed by atoms with Crippen LogP contribution >= 0.6 is 11.6 Å². The molecule has 116 valence electrons. The van der Waals surface area contributed by atoms with Crippen molar-refractivity contribution in [2.24, 2.45) is 7.05 Å². The van der Waals surface area contributed by atoms with Crippen LogP contribution in [0.5, 0.6) is 0 Å². The number of aliphatic hydroxyl groups excluding tert-OH is 1. The number of benzene rings is 1. The van der Waals surface area contributed by atoms with Crippen LogP contribution in [0, 0.1) is 0 Å². The molecule has 0 aliphatic heterocycles. The Hall–Kier alpha value is -1.82. The summed E-state index contributed by atoms with van der Waals surface area (Å²) in [6.45, 7) is 2.40. The SMILES string of the molecule is C[C@@H](NC[C@@H](O)c1ccco1)c1nc2cc(Cl)ccc2n1C. The molecule has 6 heteroatoms. The molecule has 0 amide bonds. The Kier molecular flexibility index (Phi) is 4.20. The summed E-state index contributed by atoms with van der Waals surface area (Å²) in [6, 6.07) is 9.17. The molecule has 0 aliphatic rings. The number of fused-ring (bicyclic) bond motifs is 1. The molecule has 0 bridgehead atoms. The minimum absolute atomic E-state index is 0.0132. The molecule has 0 fully saturated rings. The maximum atomic E-state index is 10.0. The van der Waals surface area contributed by atoms with Gasteiger partial charge in [-0.2, -0.15) is 0 Å². The first-order valence-corrected chi connectivity index (χ1v) is 7.51. The molecule has 2 atom stereocenters. The Morgan fingerprint density at radius 2 is 2.23 bits per heavy atom. The summed E-state index contributed by atoms with van der Waals surface area (Å²) in [7, 11) is 1.97. The monoisotopic (exact) mass is 319 g/mol. The van der Waals surface area contributed by atoms with Crippen molar-refractivity contribution in [2.45, 2.75) is 19.1 Å². The van der Waals surface area contributed by atoms with Gasteiger partial charge < -0.3 is 19.4 Å². The van der Waals surface area contributed by atoms with Gasteiger partial charge in [0.1, 0.15) is 17.7 Å². The lowest BCUT2D eigenvalue weighted by Crippen LogP contribution is -2.26. The molecule has 22 heavy (non-hydrogen) atoms. The van der Waals surface area contributed by atoms with E-state index in [0.717, 1.165) is 16.9 Å². The fourth-order valence-electron chi connectivity index (χ4n) is 2.54. The van der Waals surface area contributed by atoms with Gasteiger partial charge in [-0.3, -0.25) is 0 Å². The molecule has 3 aromatic rings. The number of hydrogen-bond donors (Lipinski definition) is 2. The van der Waals surface area contributed by atoms with Gasteiger partial charge in [0.2, 0.25) is 0 Å². The van der Waals surface area contributed by atoms with E-state index >= 15 is 0 Å². The number of aryl methyl sites for hydroxylation is 1. The number of nitrogens with one attached hydrogen (secondary N) is 1. The van der Waals surface area contributed by atoms with Crippen molar-refractivity contribution in [3.63, 3.8) is 0 Å². The largest absolute Gasteiger partial charge is 0.467 e. The highest BCUT2D eigenvalue weighted by Crippen LogP contribution is 2.23. The van der Waals surface area contributed by atoms with E-state index in [-0.39, 0.29) is 6.04 Å². The standard InChI is InChI=1S/C16H18ClN3O2/c1-10(18-9-14(21)15-4-3-7-22-15)16-19-12-8-11(17)5-6-13(12)20(16)2/h3-8,10,14,18,21H,9H2,1-2H3/t10-,14-/m1/s1. The van der Waals surface area contributed by atoms with E-state index in [1.807, 2.05) is 36.7 Å². The zero-order valence-electron chi connectivity index (χ0n) is 12.5. The number of furan rings is 1. The maximum absolute atomic E-state index is 10.0. The highest BCUT2D eigenvalue weighted by atomic mass is 35.5. The van der Waals surface area contributed by atoms with Crippen LogP contribution in [0.25, 0.3) is 11.0 Å². The molecule has 0 aliphatic carbocycles. The van der Waals surface area contributed by atoms with Crippen molar-refractivity contribution in [1.82, 2.24) is 14.9 Å². The molecule has 0 unspecified atom stereocenters. The van der Waals surface area contributed by atoms with Crippen LogP contribution in [0.15, 0.2) is 41.0 Å². The second kappa shape index (κ2) is 6.12. The van der Waals surface area contributed by atoms with E-state index in [2.05, 4.69) is 10.3 Å². The predicted octanol–water partition coefficient (Wildman–Crippen LogP) is 3.20. The van der Waals surface area contributed by atoms with Crippen LogP contribution in [0.4, 0.5) is 0 Å². The molecule has 0 saturated carbocycles. The average Bonchev–Trinajstić information content (AvgIpc) is 3.13. The lowest BCUT2D eigenvalue weighted by molar-refractivity contribution is 0.143. The zero-order valence-corrected chi connectivity index (χ0v) is 13.2. The fourth-order valence-corrected chi connectivity index (χ4v) is 2.71. The summed E-state index contributed by atoms with van der Waals surface area (Å²) >= 11 is 6.01. The van der Waals surface area contributed by atoms with Crippen LogP contribution in [-0.4, -0.2) is 21.2 Å². The highest BCUT2D eigenvalue weighted by Gasteiger charge is 2.17. The van der Waals surface area contributed by atoms with Gasteiger partial charge in [0, 0.05) is 18.6 Å². The molecule has 0 radical (unpaired) electrons. The predicted molar refractivity (Wildman–Crippen MR) is 85.8 cm³/mol. The lowest BCUT2D eigenvalue weighted by Gasteiger charge is -2.16. The average molecular weight is 320 g/mol. The number of nitrogens with zero attached hydrogens (tertiary/aromatic N) is 2. The molecule has 1 aromatic carbocycles. The smallest absolute Gasteiger partial charge is 0.133 e. The Balaban J connectivity index is 1.74. The molecule has 3 rings (SSSR count). The first-order chi connectivity index (χ1) is 10.6. The first kappa shape index (κ1) is 15.1. The van der Waals surface area contributed by atoms with Crippen molar-refractivity contribution in [2.75, 3.05) is 6.54 Å². The molecule has 5 nitrogen and oxygen atoms in total. The Morgan fingerprint density at radius 1 is 1.41 bits per heavy atom. The van der Waals surface area contributed by atoms with E-state index < -0.39 is 6.10 Å². The minimum atomic E-state index is -0.679. The number of rotatable bonds is 5. The first-order valence-electron chi connectivity index (χ1n) is 7.13. The van der Waals surface area contributed by atoms with Crippen LogP contribution in [0.1, 0.15) is 30.7 Å². The summed E-state index contributed by atoms with van der Waals surface area (Å²) in [5.74, 6) is 1.44. The van der Waals surface area contributed by atoms with Gasteiger partial charge in [0.25, 0.3) is 0 Å². The zero-order chi connectivity index (χ0) is 15.7. The summed E-state index contributed by atoms with van der Waals surface area (Å²) < 4.78 is 7.22. The second-order valence-electron chi connectivity index (χ2n) is 5.32. The molecular weight excluding hydrogens is 302 g/mol. The van der Waals surface area contributed by atoms with E-state index in [1.54, 1.807) is 18.4 Å². The van der Waals surface area contributed by atoms with E-state index in [0.29, 0.717) is 17.3 Å². The van der Waals surface area contributed by atoms with Crippen molar-refractivity contribution in [1.29, 1.82) is 0 Å². The number of aliphatic hydroxyl groups is 1. The minimum Gasteiger partial charge on any atom is -0.467 e. The number of imidazole rings is 1. The normalized spacial score (nSPS) is 14.4. The molecule has 2 heterocycles. The van der Waals surface area contributed by atoms with Gasteiger partial charge in [-0.15, -0.1) is 0 Å². The van der Waals surface area contributed by atoms with E-state index in [9.17, 15) is 5.11 Å². The Bertz CT molecular complexity index is 767. The molecule has 2 aromatic heterocycles. The third-order valence-electron chi connectivity index (χ3n) is 3.75. The van der Waals surface area contributed by atoms with Crippen molar-refractivity contribution in [3.05, 3.63) is 53.2 Å². The van der Waals surface area contributed by atoms with Crippen molar-refractivity contribution in [3.8, 4) is 0 Å². The van der Waals surface area contributed by atoms with Gasteiger partial charge in [-0.25, -0.2) is 4.98 Å². The van der Waals surface area contributed by atoms with Gasteiger partial charge in [-0.05, 0) is 37.3 Å². The number of aromatic nitrogens is 2. The highest BCUT2D eigenvalue weighted by molar-refractivity contribution is 6.31. The molecular formula is C16H18ClN3O2. The summed E-state index contributed by atoms with van der Waals surface area (Å²) in [6.07, 6.45) is 0.874. The van der Waals surface area contributed by atoms with Gasteiger partial charge >= 0.3 is 0 Å². The van der Waals surface area contributed by atoms with Crippen LogP contribution in [-0.2, 0) is 7.05 Å². The molecule has 0 spiro atoms. The third kappa shape index (κ3) is 2.88. The van der Waals surface area contributed by atoms with Crippen molar-refractivity contribution >= 4 is 22.6 Å². The Morgan fingerprint density at radius 3 is 2.95 bits per heavy atom. The second-order valence-corrected chi connectivity index (χ2v) is 5.76. The maximum Gasteiger partial charge on any atom is 0.133 e. The number of hydrogen-bond acceptors (Lipinski definition) is 4. The van der Waals surface area contributed by atoms with Crippen LogP contribution < -0.4 is 5.32 Å². The third-order valence-corrected chi connectivity index (χ3v) is 3.99.